The molecule has 4 rings (SSSR count). The SMILES string of the molecule is CC(C)(N)C1C2CC(C3C4CC(CC4CC(O)(C(F)(F)F)C(F)(F)F)C23)C1C(C)(C)N. The van der Waals surface area contributed by atoms with Crippen LogP contribution in [-0.2, 0) is 0 Å². The van der Waals surface area contributed by atoms with Crippen LogP contribution < -0.4 is 11.5 Å². The lowest BCUT2D eigenvalue weighted by Gasteiger charge is -2.53. The molecule has 31 heavy (non-hydrogen) atoms. The maximum absolute atomic E-state index is 13.3. The highest BCUT2D eigenvalue weighted by Gasteiger charge is 2.74. The molecule has 0 aromatic rings. The summed E-state index contributed by atoms with van der Waals surface area (Å²) in [7, 11) is 0. The molecule has 4 bridgehead atoms. The van der Waals surface area contributed by atoms with E-state index in [0.29, 0.717) is 24.7 Å². The van der Waals surface area contributed by atoms with Crippen molar-refractivity contribution in [3.8, 4) is 0 Å². The molecule has 3 nitrogen and oxygen atoms in total. The number of hydrogen-bond donors (Lipinski definition) is 3. The van der Waals surface area contributed by atoms with Gasteiger partial charge in [0.2, 0.25) is 0 Å². The number of alkyl halides is 6. The number of halogens is 6. The van der Waals surface area contributed by atoms with Crippen LogP contribution in [0, 0.1) is 53.3 Å². The van der Waals surface area contributed by atoms with Gasteiger partial charge in [-0.25, -0.2) is 0 Å². The van der Waals surface area contributed by atoms with Gasteiger partial charge < -0.3 is 16.6 Å². The second kappa shape index (κ2) is 6.53. The number of rotatable bonds is 4. The Morgan fingerprint density at radius 3 is 1.58 bits per heavy atom. The first-order chi connectivity index (χ1) is 13.8. The van der Waals surface area contributed by atoms with Gasteiger partial charge in [0.05, 0.1) is 0 Å². The van der Waals surface area contributed by atoms with Crippen molar-refractivity contribution in [2.24, 2.45) is 64.7 Å². The predicted octanol–water partition coefficient (Wildman–Crippen LogP) is 4.48. The Morgan fingerprint density at radius 2 is 1.16 bits per heavy atom. The van der Waals surface area contributed by atoms with Crippen LogP contribution in [0.1, 0.15) is 53.4 Å². The van der Waals surface area contributed by atoms with E-state index in [1.807, 2.05) is 27.7 Å². The van der Waals surface area contributed by atoms with Crippen LogP contribution in [0.25, 0.3) is 0 Å². The summed E-state index contributed by atoms with van der Waals surface area (Å²) in [5.41, 5.74) is 7.46. The second-order valence-corrected chi connectivity index (χ2v) is 12.1. The first-order valence-corrected chi connectivity index (χ1v) is 11.2. The molecule has 4 saturated carbocycles. The second-order valence-electron chi connectivity index (χ2n) is 12.1. The minimum absolute atomic E-state index is 0.0721. The van der Waals surface area contributed by atoms with E-state index in [-0.39, 0.29) is 35.5 Å². The van der Waals surface area contributed by atoms with E-state index in [9.17, 15) is 31.4 Å². The summed E-state index contributed by atoms with van der Waals surface area (Å²) >= 11 is 0. The van der Waals surface area contributed by atoms with E-state index in [0.717, 1.165) is 6.42 Å². The van der Waals surface area contributed by atoms with Gasteiger partial charge >= 0.3 is 12.4 Å². The fraction of sp³-hybridized carbons (Fsp3) is 1.00. The predicted molar refractivity (Wildman–Crippen MR) is 103 cm³/mol. The molecule has 4 aliphatic carbocycles. The molecule has 0 radical (unpaired) electrons. The number of nitrogens with two attached hydrogens (primary N) is 2. The van der Waals surface area contributed by atoms with Gasteiger partial charge in [0, 0.05) is 11.1 Å². The Bertz CT molecular complexity index is 707. The number of aliphatic hydroxyl groups is 1. The smallest absolute Gasteiger partial charge is 0.374 e. The molecule has 0 spiro atoms. The highest BCUT2D eigenvalue weighted by atomic mass is 19.4. The third-order valence-corrected chi connectivity index (χ3v) is 9.33. The normalized spacial score (nSPS) is 43.1. The average molecular weight is 457 g/mol. The Morgan fingerprint density at radius 1 is 0.710 bits per heavy atom. The molecule has 9 heteroatoms. The lowest BCUT2D eigenvalue weighted by atomic mass is 9.54. The van der Waals surface area contributed by atoms with E-state index in [4.69, 9.17) is 11.5 Å². The van der Waals surface area contributed by atoms with Crippen molar-refractivity contribution < 1.29 is 31.4 Å². The highest BCUT2D eigenvalue weighted by molar-refractivity contribution is 5.20. The van der Waals surface area contributed by atoms with Gasteiger partial charge in [-0.05, 0) is 107 Å². The third-order valence-electron chi connectivity index (χ3n) is 9.33. The Labute approximate surface area is 179 Å². The highest BCUT2D eigenvalue weighted by Crippen LogP contribution is 2.74. The summed E-state index contributed by atoms with van der Waals surface area (Å²) < 4.78 is 79.9. The molecule has 0 heterocycles. The average Bonchev–Trinajstić information content (AvgIpc) is 3.27. The van der Waals surface area contributed by atoms with Crippen LogP contribution in [0.5, 0.6) is 0 Å². The largest absolute Gasteiger partial charge is 0.426 e. The summed E-state index contributed by atoms with van der Waals surface area (Å²) in [4.78, 5) is 0. The van der Waals surface area contributed by atoms with Gasteiger partial charge in [0.15, 0.2) is 0 Å². The molecule has 5 N–H and O–H groups in total. The standard InChI is InChI=1S/C22H34F6N2O/c1-18(2,29)16-12-7-13(17(16)19(3,4)30)15-11-6-9(14(12)15)5-10(11)8-20(31,21(23,24)25)22(26,27)28/h9-17,31H,5-8,29-30H2,1-4H3. The molecule has 4 fully saturated rings. The lowest BCUT2D eigenvalue weighted by Crippen LogP contribution is -2.60. The number of hydrogen-bond acceptors (Lipinski definition) is 3. The topological polar surface area (TPSA) is 72.3 Å². The van der Waals surface area contributed by atoms with Gasteiger partial charge in [-0.3, -0.25) is 0 Å². The van der Waals surface area contributed by atoms with Crippen molar-refractivity contribution in [1.82, 2.24) is 0 Å². The fourth-order valence-electron chi connectivity index (χ4n) is 8.79. The Hall–Kier alpha value is -0.540. The van der Waals surface area contributed by atoms with E-state index in [1.54, 1.807) is 0 Å². The first kappa shape index (κ1) is 23.6. The van der Waals surface area contributed by atoms with Crippen molar-refractivity contribution in [1.29, 1.82) is 0 Å². The molecule has 0 aromatic heterocycles. The fourth-order valence-corrected chi connectivity index (χ4v) is 8.79. The molecule has 9 atom stereocenters. The molecule has 180 valence electrons. The summed E-state index contributed by atoms with van der Waals surface area (Å²) in [6.45, 7) is 7.88. The van der Waals surface area contributed by atoms with Crippen molar-refractivity contribution in [3.63, 3.8) is 0 Å². The maximum atomic E-state index is 13.3. The summed E-state index contributed by atoms with van der Waals surface area (Å²) in [5, 5.41) is 9.79. The van der Waals surface area contributed by atoms with Crippen LogP contribution in [0.3, 0.4) is 0 Å². The van der Waals surface area contributed by atoms with Gasteiger partial charge in [-0.15, -0.1) is 0 Å². The van der Waals surface area contributed by atoms with E-state index in [1.165, 1.54) is 0 Å². The van der Waals surface area contributed by atoms with Crippen LogP contribution >= 0.6 is 0 Å². The van der Waals surface area contributed by atoms with Gasteiger partial charge in [0.1, 0.15) is 0 Å². The number of fused-ring (bicyclic) bond motifs is 9. The van der Waals surface area contributed by atoms with Crippen LogP contribution in [0.2, 0.25) is 0 Å². The van der Waals surface area contributed by atoms with Gasteiger partial charge in [-0.2, -0.15) is 26.3 Å². The van der Waals surface area contributed by atoms with E-state index >= 15 is 0 Å². The zero-order valence-electron chi connectivity index (χ0n) is 18.4. The van der Waals surface area contributed by atoms with Crippen molar-refractivity contribution >= 4 is 0 Å². The van der Waals surface area contributed by atoms with Crippen LogP contribution in [0.15, 0.2) is 0 Å². The maximum Gasteiger partial charge on any atom is 0.426 e. The molecular formula is C22H34F6N2O. The van der Waals surface area contributed by atoms with Crippen molar-refractivity contribution in [2.75, 3.05) is 0 Å². The van der Waals surface area contributed by atoms with Gasteiger partial charge in [0.25, 0.3) is 5.60 Å². The summed E-state index contributed by atoms with van der Waals surface area (Å²) in [6, 6.07) is 0. The van der Waals surface area contributed by atoms with Crippen molar-refractivity contribution in [2.45, 2.75) is 82.4 Å². The van der Waals surface area contributed by atoms with E-state index < -0.39 is 41.4 Å². The van der Waals surface area contributed by atoms with Crippen molar-refractivity contribution in [3.05, 3.63) is 0 Å². The quantitative estimate of drug-likeness (QED) is 0.432. The molecule has 0 aliphatic heterocycles. The summed E-state index contributed by atoms with van der Waals surface area (Å²) in [6.07, 6.45) is -10.9. The van der Waals surface area contributed by atoms with Crippen LogP contribution in [-0.4, -0.2) is 34.1 Å². The van der Waals surface area contributed by atoms with Gasteiger partial charge in [-0.1, -0.05) is 0 Å². The minimum Gasteiger partial charge on any atom is -0.374 e. The Balaban J connectivity index is 1.63. The molecular weight excluding hydrogens is 422 g/mol. The third kappa shape index (κ3) is 3.27. The lowest BCUT2D eigenvalue weighted by molar-refractivity contribution is -0.373. The Kier molecular flexibility index (Phi) is 4.97. The molecule has 0 saturated heterocycles. The zero-order chi connectivity index (χ0) is 23.5. The van der Waals surface area contributed by atoms with Crippen LogP contribution in [0.4, 0.5) is 26.3 Å². The molecule has 0 amide bonds. The monoisotopic (exact) mass is 456 g/mol. The molecule has 9 unspecified atom stereocenters. The molecule has 4 aliphatic rings. The zero-order valence-corrected chi connectivity index (χ0v) is 18.4. The minimum atomic E-state index is -5.75. The van der Waals surface area contributed by atoms with E-state index in [2.05, 4.69) is 0 Å². The molecule has 0 aromatic carbocycles. The summed E-state index contributed by atoms with van der Waals surface area (Å²) in [5.74, 6) is 0.175. The first-order valence-electron chi connectivity index (χ1n) is 11.2.